The van der Waals surface area contributed by atoms with Gasteiger partial charge in [-0.3, -0.25) is 9.79 Å². The molecule has 0 aliphatic rings. The number of hydrogen-bond acceptors (Lipinski definition) is 7. The van der Waals surface area contributed by atoms with Gasteiger partial charge in [0.25, 0.3) is 5.91 Å². The monoisotopic (exact) mass is 518 g/mol. The lowest BCUT2D eigenvalue weighted by atomic mass is 10.0. The molecule has 6 N–H and O–H groups in total. The van der Waals surface area contributed by atoms with E-state index in [1.54, 1.807) is 24.6 Å². The summed E-state index contributed by atoms with van der Waals surface area (Å²) >= 11 is 13.4. The first-order chi connectivity index (χ1) is 16.3. The zero-order chi connectivity index (χ0) is 25.4. The third-order valence-electron chi connectivity index (χ3n) is 4.76. The summed E-state index contributed by atoms with van der Waals surface area (Å²) in [7, 11) is 0. The van der Waals surface area contributed by atoms with Crippen LogP contribution in [0.5, 0.6) is 0 Å². The molecule has 0 aliphatic heterocycles. The van der Waals surface area contributed by atoms with E-state index in [0.29, 0.717) is 38.4 Å². The van der Waals surface area contributed by atoms with Crippen LogP contribution in [-0.4, -0.2) is 17.6 Å². The molecular formula is C24H28Cl2N6OS. The number of benzene rings is 1. The number of aryl methyl sites for hydroxylation is 1. The lowest BCUT2D eigenvalue weighted by Crippen LogP contribution is -2.19. The molecule has 34 heavy (non-hydrogen) atoms. The Hall–Kier alpha value is -2.75. The summed E-state index contributed by atoms with van der Waals surface area (Å²) in [6, 6.07) is 5.64. The number of carbonyl (C=O) groups is 1. The number of halogens is 2. The van der Waals surface area contributed by atoms with Gasteiger partial charge >= 0.3 is 0 Å². The second-order valence-electron chi connectivity index (χ2n) is 6.80. The second-order valence-corrected chi connectivity index (χ2v) is 8.33. The van der Waals surface area contributed by atoms with Crippen molar-refractivity contribution in [2.75, 3.05) is 10.6 Å². The Kier molecular flexibility index (Phi) is 10.2. The average molecular weight is 520 g/mol. The molecule has 3 rings (SSSR count). The molecule has 2 aromatic heterocycles. The van der Waals surface area contributed by atoms with E-state index in [0.717, 1.165) is 16.3 Å². The third kappa shape index (κ3) is 5.84. The van der Waals surface area contributed by atoms with Crippen molar-refractivity contribution in [1.82, 2.24) is 4.98 Å². The van der Waals surface area contributed by atoms with E-state index in [1.165, 1.54) is 16.9 Å². The van der Waals surface area contributed by atoms with Gasteiger partial charge in [-0.25, -0.2) is 4.98 Å². The minimum absolute atomic E-state index is 0.337. The van der Waals surface area contributed by atoms with Crippen LogP contribution in [0.2, 0.25) is 0 Å². The van der Waals surface area contributed by atoms with E-state index in [1.807, 2.05) is 39.0 Å². The Morgan fingerprint density at radius 3 is 2.53 bits per heavy atom. The molecule has 0 bridgehead atoms. The lowest BCUT2D eigenvalue weighted by Gasteiger charge is -2.15. The molecule has 0 saturated heterocycles. The summed E-state index contributed by atoms with van der Waals surface area (Å²) in [6.07, 6.45) is 2.62. The van der Waals surface area contributed by atoms with Crippen LogP contribution in [0.1, 0.15) is 47.7 Å². The van der Waals surface area contributed by atoms with E-state index in [9.17, 15) is 4.79 Å². The maximum absolute atomic E-state index is 13.1. The van der Waals surface area contributed by atoms with Gasteiger partial charge in [-0.1, -0.05) is 55.3 Å². The first-order valence-electron chi connectivity index (χ1n) is 10.5. The number of thiophene rings is 1. The van der Waals surface area contributed by atoms with Crippen LogP contribution in [0, 0.1) is 6.92 Å². The fraction of sp³-hybridized carbons (Fsp3) is 0.208. The number of fused-ring (bicyclic) bond motifs is 1. The molecule has 0 aliphatic carbocycles. The van der Waals surface area contributed by atoms with Crippen LogP contribution < -0.4 is 22.1 Å². The molecule has 0 radical (unpaired) electrons. The van der Waals surface area contributed by atoms with E-state index >= 15 is 0 Å². The summed E-state index contributed by atoms with van der Waals surface area (Å²) in [5.41, 5.74) is 15.7. The summed E-state index contributed by atoms with van der Waals surface area (Å²) in [6.45, 7) is 11.3. The first-order valence-corrected chi connectivity index (χ1v) is 12.2. The molecule has 0 saturated carbocycles. The fourth-order valence-electron chi connectivity index (χ4n) is 3.16. The highest BCUT2D eigenvalue weighted by molar-refractivity contribution is 7.11. The van der Waals surface area contributed by atoms with E-state index in [2.05, 4.69) is 27.3 Å². The Labute approximate surface area is 213 Å². The molecule has 180 valence electrons. The maximum atomic E-state index is 13.1. The molecular weight excluding hydrogens is 491 g/mol. The van der Waals surface area contributed by atoms with Crippen molar-refractivity contribution >= 4 is 75.1 Å². The van der Waals surface area contributed by atoms with Crippen molar-refractivity contribution in [3.8, 4) is 0 Å². The molecule has 1 aromatic carbocycles. The number of aromatic nitrogens is 1. The third-order valence-corrected chi connectivity index (χ3v) is 6.48. The van der Waals surface area contributed by atoms with Gasteiger partial charge in [0.1, 0.15) is 5.82 Å². The smallest absolute Gasteiger partial charge is 0.258 e. The Morgan fingerprint density at radius 2 is 1.94 bits per heavy atom. The molecule has 3 aromatic rings. The summed E-state index contributed by atoms with van der Waals surface area (Å²) in [4.78, 5) is 22.1. The van der Waals surface area contributed by atoms with Gasteiger partial charge in [0.2, 0.25) is 0 Å². The number of anilines is 2. The lowest BCUT2D eigenvalue weighted by molar-refractivity contribution is 0.102. The van der Waals surface area contributed by atoms with Crippen molar-refractivity contribution in [3.05, 3.63) is 68.1 Å². The van der Waals surface area contributed by atoms with Crippen LogP contribution in [0.3, 0.4) is 0 Å². The highest BCUT2D eigenvalue weighted by Gasteiger charge is 2.21. The number of allylic oxidation sites excluding steroid dienone is 2. The predicted octanol–water partition coefficient (Wildman–Crippen LogP) is 6.77. The van der Waals surface area contributed by atoms with Gasteiger partial charge in [0, 0.05) is 27.9 Å². The fourth-order valence-corrected chi connectivity index (χ4v) is 4.40. The quantitative estimate of drug-likeness (QED) is 0.156. The largest absolute Gasteiger partial charge is 0.338 e. The summed E-state index contributed by atoms with van der Waals surface area (Å²) in [5, 5.41) is 9.83. The molecule has 0 atom stereocenters. The zero-order valence-corrected chi connectivity index (χ0v) is 21.8. The van der Waals surface area contributed by atoms with Crippen molar-refractivity contribution < 1.29 is 4.79 Å². The Bertz CT molecular complexity index is 1250. The molecule has 1 amide bonds. The van der Waals surface area contributed by atoms with Gasteiger partial charge in [0.15, 0.2) is 0 Å². The van der Waals surface area contributed by atoms with Crippen LogP contribution in [0.15, 0.2) is 57.1 Å². The molecule has 0 spiro atoms. The van der Waals surface area contributed by atoms with Gasteiger partial charge in [-0.05, 0) is 32.2 Å². The van der Waals surface area contributed by atoms with Gasteiger partial charge < -0.3 is 22.1 Å². The van der Waals surface area contributed by atoms with Gasteiger partial charge in [-0.15, -0.1) is 11.3 Å². The van der Waals surface area contributed by atoms with Crippen molar-refractivity contribution in [1.29, 1.82) is 0 Å². The Balaban J connectivity index is 0.00000199. The standard InChI is InChI=1S/C22H22Cl2N6OS.C2H6/c1-4-15(24)16(9-23)29-21-13-6-5-11(2)17(12(13)7-8-28-21)30-22(31)14-10-32-19(20(25)26)18(14)27-3;1-2/h4-10,20H,3,25-26H2,1-2H3,(H,28,29)(H,30,31);1-2H3/b15-4+,16-9+;. The predicted molar refractivity (Wildman–Crippen MR) is 148 cm³/mol. The normalized spacial score (nSPS) is 11.8. The minimum Gasteiger partial charge on any atom is -0.338 e. The summed E-state index contributed by atoms with van der Waals surface area (Å²) < 4.78 is 0. The number of amides is 1. The van der Waals surface area contributed by atoms with E-state index in [4.69, 9.17) is 34.7 Å². The van der Waals surface area contributed by atoms with Crippen LogP contribution in [0.4, 0.5) is 17.2 Å². The van der Waals surface area contributed by atoms with Crippen LogP contribution in [-0.2, 0) is 0 Å². The number of nitrogens with zero attached hydrogens (tertiary/aromatic N) is 2. The maximum Gasteiger partial charge on any atom is 0.258 e. The average Bonchev–Trinajstić information content (AvgIpc) is 3.29. The van der Waals surface area contributed by atoms with Gasteiger partial charge in [0.05, 0.1) is 38.7 Å². The van der Waals surface area contributed by atoms with Crippen LogP contribution in [0.25, 0.3) is 10.8 Å². The van der Waals surface area contributed by atoms with E-state index < -0.39 is 6.17 Å². The molecule has 10 heteroatoms. The number of aliphatic imine (C=N–C) groups is 1. The topological polar surface area (TPSA) is 118 Å². The number of rotatable bonds is 7. The molecule has 7 nitrogen and oxygen atoms in total. The molecule has 2 heterocycles. The first kappa shape index (κ1) is 27.5. The van der Waals surface area contributed by atoms with Crippen molar-refractivity contribution in [2.45, 2.75) is 33.9 Å². The van der Waals surface area contributed by atoms with Crippen molar-refractivity contribution in [3.63, 3.8) is 0 Å². The number of pyridine rings is 1. The number of nitrogens with two attached hydrogens (primary N) is 2. The van der Waals surface area contributed by atoms with E-state index in [-0.39, 0.29) is 5.91 Å². The number of hydrogen-bond donors (Lipinski definition) is 4. The van der Waals surface area contributed by atoms with Gasteiger partial charge in [-0.2, -0.15) is 0 Å². The second kappa shape index (κ2) is 12.6. The highest BCUT2D eigenvalue weighted by Crippen LogP contribution is 2.36. The molecule has 0 unspecified atom stereocenters. The number of nitrogens with one attached hydrogen (secondary N) is 2. The van der Waals surface area contributed by atoms with Crippen molar-refractivity contribution in [2.24, 2.45) is 16.5 Å². The Morgan fingerprint density at radius 1 is 1.24 bits per heavy atom. The zero-order valence-electron chi connectivity index (χ0n) is 19.4. The van der Waals surface area contributed by atoms with Crippen LogP contribution >= 0.6 is 34.5 Å². The summed E-state index contributed by atoms with van der Waals surface area (Å²) in [5.74, 6) is 0.209. The SMILES string of the molecule is C=Nc1c(C(=O)Nc2c(C)ccc3c(NC(=C/Cl)/C(Cl)=C\C)nccc23)csc1C(N)N.CC. The highest BCUT2D eigenvalue weighted by atomic mass is 35.5. The number of carbonyl (C=O) groups excluding carboxylic acids is 1. The minimum atomic E-state index is -0.741. The molecule has 0 fully saturated rings.